The van der Waals surface area contributed by atoms with Gasteiger partial charge in [0.05, 0.1) is 5.56 Å². The summed E-state index contributed by atoms with van der Waals surface area (Å²) in [4.78, 5) is 24.9. The molecule has 0 fully saturated rings. The molecule has 0 spiro atoms. The first-order chi connectivity index (χ1) is 10.6. The topological polar surface area (TPSA) is 105 Å². The lowest BCUT2D eigenvalue weighted by Gasteiger charge is -2.23. The molecule has 0 saturated carbocycles. The minimum atomic E-state index is -0.899. The molecule has 22 heavy (non-hydrogen) atoms. The van der Waals surface area contributed by atoms with Gasteiger partial charge in [0.25, 0.3) is 0 Å². The molecule has 0 unspecified atom stereocenters. The minimum Gasteiger partial charge on any atom is -0.465 e. The number of rotatable bonds is 2. The Balaban J connectivity index is 1.92. The van der Waals surface area contributed by atoms with E-state index in [4.69, 9.17) is 10.8 Å². The predicted octanol–water partition coefficient (Wildman–Crippen LogP) is 1.89. The molecule has 3 heterocycles. The second-order valence-corrected chi connectivity index (χ2v) is 4.94. The molecule has 112 valence electrons. The first kappa shape index (κ1) is 14.0. The summed E-state index contributed by atoms with van der Waals surface area (Å²) in [6, 6.07) is 3.64. The fraction of sp³-hybridized carbons (Fsp3) is 0.200. The molecular formula is C15H15N5O2. The maximum atomic E-state index is 10.9. The fourth-order valence-corrected chi connectivity index (χ4v) is 2.37. The lowest BCUT2D eigenvalue weighted by molar-refractivity contribution is 0.150. The van der Waals surface area contributed by atoms with Crippen LogP contribution in [0.5, 0.6) is 0 Å². The van der Waals surface area contributed by atoms with Crippen molar-refractivity contribution in [1.82, 2.24) is 19.9 Å². The quantitative estimate of drug-likeness (QED) is 0.877. The van der Waals surface area contributed by atoms with Crippen molar-refractivity contribution in [3.05, 3.63) is 42.4 Å². The zero-order valence-corrected chi connectivity index (χ0v) is 11.8. The Hall–Kier alpha value is -2.96. The molecule has 0 radical (unpaired) electrons. The summed E-state index contributed by atoms with van der Waals surface area (Å²) in [6.45, 7) is 0.856. The van der Waals surface area contributed by atoms with Crippen LogP contribution in [-0.4, -0.2) is 44.1 Å². The van der Waals surface area contributed by atoms with Crippen molar-refractivity contribution >= 4 is 17.5 Å². The molecule has 0 bridgehead atoms. The molecule has 0 aliphatic carbocycles. The Labute approximate surface area is 127 Å². The van der Waals surface area contributed by atoms with E-state index >= 15 is 0 Å². The van der Waals surface area contributed by atoms with E-state index in [1.54, 1.807) is 24.7 Å². The average Bonchev–Trinajstić information content (AvgIpc) is 2.56. The highest BCUT2D eigenvalue weighted by molar-refractivity contribution is 5.76. The first-order valence-corrected chi connectivity index (χ1v) is 6.85. The predicted molar refractivity (Wildman–Crippen MR) is 81.9 cm³/mol. The molecular weight excluding hydrogens is 282 g/mol. The lowest BCUT2D eigenvalue weighted by Crippen LogP contribution is -2.33. The second kappa shape index (κ2) is 5.80. The Bertz CT molecular complexity index is 730. The smallest absolute Gasteiger partial charge is 0.407 e. The number of amides is 1. The van der Waals surface area contributed by atoms with Crippen molar-refractivity contribution in [1.29, 1.82) is 0 Å². The average molecular weight is 297 g/mol. The van der Waals surface area contributed by atoms with Gasteiger partial charge in [-0.2, -0.15) is 0 Å². The molecule has 3 rings (SSSR count). The van der Waals surface area contributed by atoms with E-state index in [9.17, 15) is 4.79 Å². The van der Waals surface area contributed by atoms with E-state index in [-0.39, 0.29) is 0 Å². The second-order valence-electron chi connectivity index (χ2n) is 4.94. The summed E-state index contributed by atoms with van der Waals surface area (Å²) in [5.41, 5.74) is 8.57. The van der Waals surface area contributed by atoms with Crippen molar-refractivity contribution in [3.63, 3.8) is 0 Å². The van der Waals surface area contributed by atoms with Crippen LogP contribution >= 0.6 is 0 Å². The van der Waals surface area contributed by atoms with Crippen LogP contribution in [0.4, 0.5) is 10.6 Å². The van der Waals surface area contributed by atoms with Crippen LogP contribution in [-0.2, 0) is 0 Å². The fourth-order valence-electron chi connectivity index (χ4n) is 2.37. The van der Waals surface area contributed by atoms with Crippen molar-refractivity contribution < 1.29 is 9.90 Å². The Morgan fingerprint density at radius 1 is 1.27 bits per heavy atom. The monoisotopic (exact) mass is 297 g/mol. The summed E-state index contributed by atoms with van der Waals surface area (Å²) in [6.07, 6.45) is 6.65. The Morgan fingerprint density at radius 2 is 2.05 bits per heavy atom. The summed E-state index contributed by atoms with van der Waals surface area (Å²) in [5.74, 6) is 0.899. The Morgan fingerprint density at radius 3 is 2.68 bits per heavy atom. The van der Waals surface area contributed by atoms with Gasteiger partial charge in [0, 0.05) is 31.7 Å². The van der Waals surface area contributed by atoms with E-state index in [0.29, 0.717) is 36.7 Å². The number of carboxylic acid groups (broad SMARTS) is 1. The highest BCUT2D eigenvalue weighted by Gasteiger charge is 2.18. The lowest BCUT2D eigenvalue weighted by atomic mass is 9.99. The van der Waals surface area contributed by atoms with Crippen molar-refractivity contribution in [2.75, 3.05) is 18.8 Å². The number of pyridine rings is 1. The number of aromatic nitrogens is 3. The molecule has 2 aromatic rings. The molecule has 0 aromatic carbocycles. The van der Waals surface area contributed by atoms with E-state index in [2.05, 4.69) is 15.0 Å². The third-order valence-electron chi connectivity index (χ3n) is 3.58. The van der Waals surface area contributed by atoms with E-state index in [0.717, 1.165) is 11.1 Å². The SMILES string of the molecule is Nc1ncc(C2=CCN(C(=O)O)CC2)cc1-c1ncccn1. The summed E-state index contributed by atoms with van der Waals surface area (Å²) >= 11 is 0. The summed E-state index contributed by atoms with van der Waals surface area (Å²) < 4.78 is 0. The van der Waals surface area contributed by atoms with Gasteiger partial charge in [-0.1, -0.05) is 6.08 Å². The minimum absolute atomic E-state index is 0.374. The third kappa shape index (κ3) is 2.73. The molecule has 1 amide bonds. The number of nitrogens with two attached hydrogens (primary N) is 1. The van der Waals surface area contributed by atoms with Crippen molar-refractivity contribution in [2.45, 2.75) is 6.42 Å². The van der Waals surface area contributed by atoms with Crippen LogP contribution in [0.3, 0.4) is 0 Å². The molecule has 1 aliphatic heterocycles. The summed E-state index contributed by atoms with van der Waals surface area (Å²) in [5, 5.41) is 8.98. The van der Waals surface area contributed by atoms with Crippen molar-refractivity contribution in [3.8, 4) is 11.4 Å². The third-order valence-corrected chi connectivity index (χ3v) is 3.58. The van der Waals surface area contributed by atoms with Gasteiger partial charge in [0.1, 0.15) is 5.82 Å². The number of anilines is 1. The van der Waals surface area contributed by atoms with E-state index < -0.39 is 6.09 Å². The standard InChI is InChI=1S/C15H15N5O2/c16-13-12(14-17-4-1-5-18-14)8-11(9-19-13)10-2-6-20(7-3-10)15(21)22/h1-2,4-5,8-9H,3,6-7H2,(H2,16,19)(H,21,22). The van der Waals surface area contributed by atoms with Crippen LogP contribution in [0, 0.1) is 0 Å². The number of hydrogen-bond acceptors (Lipinski definition) is 5. The molecule has 0 atom stereocenters. The summed E-state index contributed by atoms with van der Waals surface area (Å²) in [7, 11) is 0. The van der Waals surface area contributed by atoms with Crippen LogP contribution in [0.2, 0.25) is 0 Å². The number of nitrogens with zero attached hydrogens (tertiary/aromatic N) is 4. The van der Waals surface area contributed by atoms with Gasteiger partial charge in [0.2, 0.25) is 0 Å². The number of nitrogen functional groups attached to an aromatic ring is 1. The highest BCUT2D eigenvalue weighted by Crippen LogP contribution is 2.27. The Kier molecular flexibility index (Phi) is 3.69. The maximum Gasteiger partial charge on any atom is 0.407 e. The van der Waals surface area contributed by atoms with Gasteiger partial charge in [-0.05, 0) is 29.7 Å². The molecule has 2 aromatic heterocycles. The van der Waals surface area contributed by atoms with Gasteiger partial charge in [-0.15, -0.1) is 0 Å². The van der Waals surface area contributed by atoms with Gasteiger partial charge >= 0.3 is 6.09 Å². The highest BCUT2D eigenvalue weighted by atomic mass is 16.4. The van der Waals surface area contributed by atoms with Crippen LogP contribution in [0.15, 0.2) is 36.8 Å². The number of hydrogen-bond donors (Lipinski definition) is 2. The maximum absolute atomic E-state index is 10.9. The van der Waals surface area contributed by atoms with E-state index in [1.165, 1.54) is 4.90 Å². The normalized spacial score (nSPS) is 14.5. The van der Waals surface area contributed by atoms with Crippen molar-refractivity contribution in [2.24, 2.45) is 0 Å². The van der Waals surface area contributed by atoms with Gasteiger partial charge in [-0.25, -0.2) is 19.7 Å². The molecule has 7 nitrogen and oxygen atoms in total. The van der Waals surface area contributed by atoms with Crippen LogP contribution in [0.25, 0.3) is 17.0 Å². The molecule has 1 aliphatic rings. The van der Waals surface area contributed by atoms with E-state index in [1.807, 2.05) is 12.1 Å². The molecule has 3 N–H and O–H groups in total. The van der Waals surface area contributed by atoms with Gasteiger partial charge in [0.15, 0.2) is 5.82 Å². The number of carbonyl (C=O) groups is 1. The van der Waals surface area contributed by atoms with Crippen LogP contribution in [0.1, 0.15) is 12.0 Å². The largest absolute Gasteiger partial charge is 0.465 e. The zero-order valence-electron chi connectivity index (χ0n) is 11.8. The first-order valence-electron chi connectivity index (χ1n) is 6.85. The molecule has 0 saturated heterocycles. The zero-order chi connectivity index (χ0) is 15.5. The van der Waals surface area contributed by atoms with Crippen LogP contribution < -0.4 is 5.73 Å². The van der Waals surface area contributed by atoms with Gasteiger partial charge < -0.3 is 15.7 Å². The molecule has 7 heteroatoms. The van der Waals surface area contributed by atoms with Gasteiger partial charge in [-0.3, -0.25) is 0 Å².